The summed E-state index contributed by atoms with van der Waals surface area (Å²) in [5.74, 6) is -1.25. The number of benzene rings is 2. The number of sulfonamides is 1. The minimum Gasteiger partial charge on any atom is -0.495 e. The third-order valence-corrected chi connectivity index (χ3v) is 6.68. The van der Waals surface area contributed by atoms with Crippen LogP contribution >= 0.6 is 11.6 Å². The second-order valence-corrected chi connectivity index (χ2v) is 8.78. The van der Waals surface area contributed by atoms with Crippen molar-refractivity contribution in [2.24, 2.45) is 0 Å². The van der Waals surface area contributed by atoms with E-state index in [0.29, 0.717) is 13.1 Å². The number of methoxy groups -OCH3 is 1. The number of carbonyl (C=O) groups is 1. The molecular formula is C19H20ClFN2O4S. The highest BCUT2D eigenvalue weighted by atomic mass is 35.5. The van der Waals surface area contributed by atoms with Crippen molar-refractivity contribution >= 4 is 33.2 Å². The predicted molar refractivity (Wildman–Crippen MR) is 105 cm³/mol. The normalized spacial score (nSPS) is 15.2. The molecule has 0 radical (unpaired) electrons. The van der Waals surface area contributed by atoms with Gasteiger partial charge in [0.25, 0.3) is 5.91 Å². The number of ether oxygens (including phenoxy) is 1. The van der Waals surface area contributed by atoms with E-state index in [2.05, 4.69) is 5.32 Å². The second-order valence-electron chi connectivity index (χ2n) is 6.41. The summed E-state index contributed by atoms with van der Waals surface area (Å²) < 4.78 is 46.4. The second kappa shape index (κ2) is 8.46. The number of rotatable bonds is 5. The van der Waals surface area contributed by atoms with E-state index in [-0.39, 0.29) is 26.9 Å². The van der Waals surface area contributed by atoms with Gasteiger partial charge in [0.15, 0.2) is 0 Å². The summed E-state index contributed by atoms with van der Waals surface area (Å²) in [6.07, 6.45) is 2.63. The molecule has 150 valence electrons. The number of amides is 1. The minimum atomic E-state index is -3.69. The highest BCUT2D eigenvalue weighted by Gasteiger charge is 2.27. The van der Waals surface area contributed by atoms with Gasteiger partial charge >= 0.3 is 0 Å². The van der Waals surface area contributed by atoms with Gasteiger partial charge in [-0.2, -0.15) is 4.31 Å². The number of halogens is 2. The van der Waals surface area contributed by atoms with Gasteiger partial charge in [-0.1, -0.05) is 18.0 Å². The summed E-state index contributed by atoms with van der Waals surface area (Å²) in [5.41, 5.74) is -0.0734. The average molecular weight is 427 g/mol. The Morgan fingerprint density at radius 2 is 1.86 bits per heavy atom. The molecule has 0 aromatic heterocycles. The van der Waals surface area contributed by atoms with Crippen LogP contribution in [0, 0.1) is 5.82 Å². The first-order valence-corrected chi connectivity index (χ1v) is 10.6. The monoisotopic (exact) mass is 426 g/mol. The van der Waals surface area contributed by atoms with Gasteiger partial charge < -0.3 is 10.1 Å². The summed E-state index contributed by atoms with van der Waals surface area (Å²) in [5, 5.41) is 2.69. The lowest BCUT2D eigenvalue weighted by atomic mass is 10.2. The molecule has 0 atom stereocenters. The lowest BCUT2D eigenvalue weighted by Gasteiger charge is -2.26. The molecule has 1 aliphatic heterocycles. The highest BCUT2D eigenvalue weighted by Crippen LogP contribution is 2.30. The van der Waals surface area contributed by atoms with E-state index >= 15 is 0 Å². The molecule has 2 aromatic carbocycles. The molecule has 1 saturated heterocycles. The molecule has 1 aliphatic rings. The Hall–Kier alpha value is -2.16. The van der Waals surface area contributed by atoms with Crippen LogP contribution in [0.1, 0.15) is 29.6 Å². The lowest BCUT2D eigenvalue weighted by molar-refractivity contribution is 0.102. The lowest BCUT2D eigenvalue weighted by Crippen LogP contribution is -2.35. The van der Waals surface area contributed by atoms with Gasteiger partial charge in [-0.05, 0) is 49.2 Å². The van der Waals surface area contributed by atoms with E-state index in [1.54, 1.807) is 0 Å². The molecule has 1 fully saturated rings. The smallest absolute Gasteiger partial charge is 0.258 e. The van der Waals surface area contributed by atoms with Gasteiger partial charge in [0.1, 0.15) is 11.6 Å². The Morgan fingerprint density at radius 3 is 2.50 bits per heavy atom. The zero-order chi connectivity index (χ0) is 20.3. The zero-order valence-electron chi connectivity index (χ0n) is 15.2. The first-order chi connectivity index (χ1) is 13.3. The molecule has 3 rings (SSSR count). The van der Waals surface area contributed by atoms with E-state index < -0.39 is 21.7 Å². The van der Waals surface area contributed by atoms with Crippen LogP contribution in [-0.4, -0.2) is 38.8 Å². The third kappa shape index (κ3) is 4.29. The maximum Gasteiger partial charge on any atom is 0.258 e. The van der Waals surface area contributed by atoms with Gasteiger partial charge in [-0.3, -0.25) is 4.79 Å². The maximum absolute atomic E-state index is 14.0. The Labute approximate surface area is 168 Å². The molecular weight excluding hydrogens is 407 g/mol. The van der Waals surface area contributed by atoms with E-state index in [1.807, 2.05) is 0 Å². The summed E-state index contributed by atoms with van der Waals surface area (Å²) in [7, 11) is -2.29. The van der Waals surface area contributed by atoms with Crippen molar-refractivity contribution in [1.82, 2.24) is 4.31 Å². The quantitative estimate of drug-likeness (QED) is 0.786. The predicted octanol–water partition coefficient (Wildman–Crippen LogP) is 3.91. The fraction of sp³-hybridized carbons (Fsp3) is 0.316. The standard InChI is InChI=1S/C19H20ClFN2O4S/c1-27-18-8-6-14(28(25,26)23-9-3-2-4-10-23)12-17(18)22-19(24)15-7-5-13(20)11-16(15)21/h5-8,11-12H,2-4,9-10H2,1H3,(H,22,24). The number of anilines is 1. The number of hydrogen-bond donors (Lipinski definition) is 1. The van der Waals surface area contributed by atoms with Crippen LogP contribution in [0.4, 0.5) is 10.1 Å². The number of carbonyl (C=O) groups excluding carboxylic acids is 1. The van der Waals surface area contributed by atoms with Gasteiger partial charge in [-0.15, -0.1) is 0 Å². The molecule has 1 amide bonds. The Morgan fingerprint density at radius 1 is 1.14 bits per heavy atom. The van der Waals surface area contributed by atoms with Gasteiger partial charge in [0.05, 0.1) is 23.3 Å². The fourth-order valence-corrected chi connectivity index (χ4v) is 4.77. The van der Waals surface area contributed by atoms with Crippen LogP contribution in [0.15, 0.2) is 41.3 Å². The molecule has 0 saturated carbocycles. The molecule has 0 bridgehead atoms. The maximum atomic E-state index is 14.0. The fourth-order valence-electron chi connectivity index (χ4n) is 3.06. The molecule has 9 heteroatoms. The Bertz CT molecular complexity index is 991. The van der Waals surface area contributed by atoms with Crippen LogP contribution in [0.5, 0.6) is 5.75 Å². The molecule has 1 heterocycles. The number of nitrogens with one attached hydrogen (secondary N) is 1. The first-order valence-electron chi connectivity index (χ1n) is 8.77. The molecule has 28 heavy (non-hydrogen) atoms. The van der Waals surface area contributed by atoms with Crippen LogP contribution in [0.2, 0.25) is 5.02 Å². The first kappa shape index (κ1) is 20.6. The summed E-state index contributed by atoms with van der Waals surface area (Å²) in [6.45, 7) is 0.929. The molecule has 2 aromatic rings. The molecule has 0 unspecified atom stereocenters. The van der Waals surface area contributed by atoms with E-state index in [4.69, 9.17) is 16.3 Å². The molecule has 0 aliphatic carbocycles. The Kier molecular flexibility index (Phi) is 6.22. The summed E-state index contributed by atoms with van der Waals surface area (Å²) in [6, 6.07) is 7.91. The van der Waals surface area contributed by atoms with Crippen LogP contribution in [0.25, 0.3) is 0 Å². The van der Waals surface area contributed by atoms with E-state index in [0.717, 1.165) is 25.3 Å². The summed E-state index contributed by atoms with van der Waals surface area (Å²) in [4.78, 5) is 12.5. The van der Waals surface area contributed by atoms with Crippen molar-refractivity contribution < 1.29 is 22.3 Å². The van der Waals surface area contributed by atoms with E-state index in [9.17, 15) is 17.6 Å². The summed E-state index contributed by atoms with van der Waals surface area (Å²) >= 11 is 5.71. The number of piperidine rings is 1. The van der Waals surface area contributed by atoms with Crippen LogP contribution in [-0.2, 0) is 10.0 Å². The van der Waals surface area contributed by atoms with Crippen molar-refractivity contribution in [3.05, 3.63) is 52.8 Å². The van der Waals surface area contributed by atoms with Gasteiger partial charge in [0.2, 0.25) is 10.0 Å². The van der Waals surface area contributed by atoms with Gasteiger partial charge in [0, 0.05) is 18.1 Å². The molecule has 6 nitrogen and oxygen atoms in total. The van der Waals surface area contributed by atoms with Crippen LogP contribution in [0.3, 0.4) is 0 Å². The molecule has 1 N–H and O–H groups in total. The van der Waals surface area contributed by atoms with E-state index in [1.165, 1.54) is 41.7 Å². The topological polar surface area (TPSA) is 75.7 Å². The minimum absolute atomic E-state index is 0.0436. The van der Waals surface area contributed by atoms with Crippen molar-refractivity contribution in [3.8, 4) is 5.75 Å². The number of hydrogen-bond acceptors (Lipinski definition) is 4. The van der Waals surface area contributed by atoms with Gasteiger partial charge in [-0.25, -0.2) is 12.8 Å². The van der Waals surface area contributed by atoms with Crippen LogP contribution < -0.4 is 10.1 Å². The Balaban J connectivity index is 1.92. The number of nitrogens with zero attached hydrogens (tertiary/aromatic N) is 1. The average Bonchev–Trinajstić information content (AvgIpc) is 2.68. The SMILES string of the molecule is COc1ccc(S(=O)(=O)N2CCCCC2)cc1NC(=O)c1ccc(Cl)cc1F. The molecule has 0 spiro atoms. The largest absolute Gasteiger partial charge is 0.495 e. The van der Waals surface area contributed by atoms with Crippen molar-refractivity contribution in [1.29, 1.82) is 0 Å². The highest BCUT2D eigenvalue weighted by molar-refractivity contribution is 7.89. The van der Waals surface area contributed by atoms with Crippen molar-refractivity contribution in [3.63, 3.8) is 0 Å². The third-order valence-electron chi connectivity index (χ3n) is 4.55. The van der Waals surface area contributed by atoms with Crippen molar-refractivity contribution in [2.45, 2.75) is 24.2 Å². The van der Waals surface area contributed by atoms with Crippen molar-refractivity contribution in [2.75, 3.05) is 25.5 Å². The zero-order valence-corrected chi connectivity index (χ0v) is 16.8.